The molecule has 0 unspecified atom stereocenters. The first-order chi connectivity index (χ1) is 7.72. The minimum Gasteiger partial charge on any atom is -0.506 e. The van der Waals surface area contributed by atoms with Crippen molar-refractivity contribution in [1.82, 2.24) is 4.98 Å². The lowest BCUT2D eigenvalue weighted by molar-refractivity contribution is 0.0526. The number of carbonyl (C=O) groups excluding carboxylic acids is 1. The van der Waals surface area contributed by atoms with Gasteiger partial charge in [0.1, 0.15) is 11.3 Å². The van der Waals surface area contributed by atoms with Crippen LogP contribution in [0.4, 0.5) is 0 Å². The summed E-state index contributed by atoms with van der Waals surface area (Å²) in [6.45, 7) is 2.08. The second-order valence-corrected chi connectivity index (χ2v) is 3.29. The highest BCUT2D eigenvalue weighted by atomic mass is 16.5. The van der Waals surface area contributed by atoms with Gasteiger partial charge in [0.2, 0.25) is 0 Å². The first-order valence-corrected chi connectivity index (χ1v) is 4.97. The molecule has 0 spiro atoms. The lowest BCUT2D eigenvalue weighted by atomic mass is 10.1. The monoisotopic (exact) mass is 217 g/mol. The zero-order valence-corrected chi connectivity index (χ0v) is 8.80. The summed E-state index contributed by atoms with van der Waals surface area (Å²) >= 11 is 0. The summed E-state index contributed by atoms with van der Waals surface area (Å²) in [5.41, 5.74) is 0.871. The van der Waals surface area contributed by atoms with E-state index in [1.807, 2.05) is 0 Å². The molecule has 82 valence electrons. The smallest absolute Gasteiger partial charge is 0.339 e. The number of hydrogen-bond donors (Lipinski definition) is 1. The third-order valence-electron chi connectivity index (χ3n) is 2.20. The van der Waals surface area contributed by atoms with Gasteiger partial charge in [-0.2, -0.15) is 0 Å². The number of carbonyl (C=O) groups is 1. The Morgan fingerprint density at radius 1 is 1.50 bits per heavy atom. The number of aromatic nitrogens is 1. The topological polar surface area (TPSA) is 59.4 Å². The largest absolute Gasteiger partial charge is 0.506 e. The molecule has 0 atom stereocenters. The number of benzene rings is 1. The second kappa shape index (κ2) is 4.18. The van der Waals surface area contributed by atoms with Gasteiger partial charge in [0, 0.05) is 11.6 Å². The molecular formula is C12H11NO3. The van der Waals surface area contributed by atoms with Crippen molar-refractivity contribution >= 4 is 16.9 Å². The van der Waals surface area contributed by atoms with Crippen LogP contribution >= 0.6 is 0 Å². The van der Waals surface area contributed by atoms with Gasteiger partial charge in [0.25, 0.3) is 0 Å². The number of ether oxygens (including phenoxy) is 1. The van der Waals surface area contributed by atoms with Gasteiger partial charge in [-0.05, 0) is 19.1 Å². The normalized spacial score (nSPS) is 10.3. The van der Waals surface area contributed by atoms with E-state index in [1.165, 1.54) is 6.20 Å². The van der Waals surface area contributed by atoms with Crippen molar-refractivity contribution in [3.63, 3.8) is 0 Å². The highest BCUT2D eigenvalue weighted by Crippen LogP contribution is 2.22. The number of phenols is 1. The van der Waals surface area contributed by atoms with E-state index in [1.54, 1.807) is 31.2 Å². The molecule has 4 heteroatoms. The number of rotatable bonds is 2. The molecule has 0 aliphatic carbocycles. The summed E-state index contributed by atoms with van der Waals surface area (Å²) in [4.78, 5) is 15.5. The molecule has 2 aromatic rings. The Kier molecular flexibility index (Phi) is 2.72. The molecule has 1 aromatic heterocycles. The number of esters is 1. The number of hydrogen-bond acceptors (Lipinski definition) is 4. The van der Waals surface area contributed by atoms with Crippen LogP contribution < -0.4 is 0 Å². The van der Waals surface area contributed by atoms with Crippen LogP contribution in [-0.4, -0.2) is 22.7 Å². The fourth-order valence-corrected chi connectivity index (χ4v) is 1.47. The highest BCUT2D eigenvalue weighted by molar-refractivity contribution is 5.94. The van der Waals surface area contributed by atoms with Gasteiger partial charge < -0.3 is 9.84 Å². The number of fused-ring (bicyclic) bond motifs is 1. The number of para-hydroxylation sites is 1. The fraction of sp³-hybridized carbons (Fsp3) is 0.167. The highest BCUT2D eigenvalue weighted by Gasteiger charge is 2.09. The summed E-state index contributed by atoms with van der Waals surface area (Å²) in [5, 5.41) is 10.2. The van der Waals surface area contributed by atoms with E-state index in [0.717, 1.165) is 0 Å². The molecule has 16 heavy (non-hydrogen) atoms. The van der Waals surface area contributed by atoms with Crippen LogP contribution in [0.15, 0.2) is 30.5 Å². The molecule has 0 amide bonds. The van der Waals surface area contributed by atoms with Crippen LogP contribution in [0.2, 0.25) is 0 Å². The van der Waals surface area contributed by atoms with Gasteiger partial charge in [-0.25, -0.2) is 4.79 Å². The predicted octanol–water partition coefficient (Wildman–Crippen LogP) is 2.12. The number of pyridine rings is 1. The zero-order chi connectivity index (χ0) is 11.5. The first-order valence-electron chi connectivity index (χ1n) is 4.97. The van der Waals surface area contributed by atoms with E-state index in [0.29, 0.717) is 23.1 Å². The Morgan fingerprint density at radius 2 is 2.31 bits per heavy atom. The van der Waals surface area contributed by atoms with Crippen LogP contribution in [-0.2, 0) is 4.74 Å². The molecule has 1 N–H and O–H groups in total. The summed E-state index contributed by atoms with van der Waals surface area (Å²) < 4.78 is 4.87. The number of aromatic hydroxyl groups is 1. The summed E-state index contributed by atoms with van der Waals surface area (Å²) in [6.07, 6.45) is 1.40. The van der Waals surface area contributed by atoms with E-state index in [4.69, 9.17) is 4.74 Å². The maximum Gasteiger partial charge on any atom is 0.339 e. The molecule has 0 saturated carbocycles. The average molecular weight is 217 g/mol. The molecular weight excluding hydrogens is 206 g/mol. The Hall–Kier alpha value is -2.10. The SMILES string of the molecule is CCOC(=O)c1cnc2c(O)cccc2c1. The van der Waals surface area contributed by atoms with Gasteiger partial charge in [-0.3, -0.25) is 4.98 Å². The third-order valence-corrected chi connectivity index (χ3v) is 2.20. The third kappa shape index (κ3) is 1.82. The van der Waals surface area contributed by atoms with Gasteiger partial charge in [0.05, 0.1) is 12.2 Å². The van der Waals surface area contributed by atoms with E-state index < -0.39 is 5.97 Å². The molecule has 0 aliphatic rings. The minimum atomic E-state index is -0.403. The van der Waals surface area contributed by atoms with Gasteiger partial charge >= 0.3 is 5.97 Å². The maximum absolute atomic E-state index is 11.4. The van der Waals surface area contributed by atoms with Crippen molar-refractivity contribution in [2.24, 2.45) is 0 Å². The molecule has 0 fully saturated rings. The Balaban J connectivity index is 2.48. The fourth-order valence-electron chi connectivity index (χ4n) is 1.47. The molecule has 1 aromatic carbocycles. The molecule has 1 heterocycles. The van der Waals surface area contributed by atoms with Crippen molar-refractivity contribution in [2.45, 2.75) is 6.92 Å². The second-order valence-electron chi connectivity index (χ2n) is 3.29. The maximum atomic E-state index is 11.4. The Morgan fingerprint density at radius 3 is 3.06 bits per heavy atom. The van der Waals surface area contributed by atoms with Crippen molar-refractivity contribution in [3.05, 3.63) is 36.0 Å². The molecule has 0 saturated heterocycles. The van der Waals surface area contributed by atoms with Crippen molar-refractivity contribution in [2.75, 3.05) is 6.61 Å². The zero-order valence-electron chi connectivity index (χ0n) is 8.80. The average Bonchev–Trinajstić information content (AvgIpc) is 2.29. The van der Waals surface area contributed by atoms with E-state index in [2.05, 4.69) is 4.98 Å². The van der Waals surface area contributed by atoms with Crippen LogP contribution in [0.3, 0.4) is 0 Å². The standard InChI is InChI=1S/C12H11NO3/c1-2-16-12(15)9-6-8-4-3-5-10(14)11(8)13-7-9/h3-7,14H,2H2,1H3. The lowest BCUT2D eigenvalue weighted by Crippen LogP contribution is -2.04. The summed E-state index contributed by atoms with van der Waals surface area (Å²) in [7, 11) is 0. The predicted molar refractivity (Wildman–Crippen MR) is 59.4 cm³/mol. The van der Waals surface area contributed by atoms with Crippen molar-refractivity contribution in [1.29, 1.82) is 0 Å². The van der Waals surface area contributed by atoms with E-state index >= 15 is 0 Å². The molecule has 0 radical (unpaired) electrons. The van der Waals surface area contributed by atoms with Gasteiger partial charge in [-0.15, -0.1) is 0 Å². The first kappa shape index (κ1) is 10.4. The minimum absolute atomic E-state index is 0.105. The van der Waals surface area contributed by atoms with Crippen molar-refractivity contribution in [3.8, 4) is 5.75 Å². The number of nitrogens with zero attached hydrogens (tertiary/aromatic N) is 1. The molecule has 0 bridgehead atoms. The van der Waals surface area contributed by atoms with E-state index in [9.17, 15) is 9.90 Å². The van der Waals surface area contributed by atoms with Crippen LogP contribution in [0.1, 0.15) is 17.3 Å². The lowest BCUT2D eigenvalue weighted by Gasteiger charge is -2.03. The van der Waals surface area contributed by atoms with Crippen LogP contribution in [0, 0.1) is 0 Å². The molecule has 4 nitrogen and oxygen atoms in total. The summed E-state index contributed by atoms with van der Waals surface area (Å²) in [5.74, 6) is -0.298. The Labute approximate surface area is 92.5 Å². The quantitative estimate of drug-likeness (QED) is 0.783. The van der Waals surface area contributed by atoms with Gasteiger partial charge in [-0.1, -0.05) is 12.1 Å². The Bertz CT molecular complexity index is 537. The van der Waals surface area contributed by atoms with Crippen LogP contribution in [0.25, 0.3) is 10.9 Å². The number of phenolic OH excluding ortho intramolecular Hbond substituents is 1. The van der Waals surface area contributed by atoms with Crippen molar-refractivity contribution < 1.29 is 14.6 Å². The van der Waals surface area contributed by atoms with E-state index in [-0.39, 0.29) is 5.75 Å². The summed E-state index contributed by atoms with van der Waals surface area (Å²) in [6, 6.07) is 6.69. The molecule has 2 rings (SSSR count). The van der Waals surface area contributed by atoms with Crippen LogP contribution in [0.5, 0.6) is 5.75 Å². The van der Waals surface area contributed by atoms with Gasteiger partial charge in [0.15, 0.2) is 0 Å². The molecule has 0 aliphatic heterocycles.